The highest BCUT2D eigenvalue weighted by Crippen LogP contribution is 2.33. The Hall–Kier alpha value is -3.39. The number of sulfonamides is 1. The summed E-state index contributed by atoms with van der Waals surface area (Å²) in [5.74, 6) is 1.97. The van der Waals surface area contributed by atoms with Gasteiger partial charge in [-0.3, -0.25) is 20.2 Å². The molecule has 32 heavy (non-hydrogen) atoms. The summed E-state index contributed by atoms with van der Waals surface area (Å²) in [7, 11) is -0.455. The lowest BCUT2D eigenvalue weighted by atomic mass is 10.1. The van der Waals surface area contributed by atoms with Gasteiger partial charge in [-0.25, -0.2) is 18.4 Å². The Balaban J connectivity index is 1.87. The standard InChI is InChI=1S/C18H23N7O6S/c1-12-15(24(26)27)9-14(10-16(12)25(28)29)32(30,31)23-7-5-22(6-8-23)18-11-17(21(3)4)19-13(2)20-18/h9-11H,5-8H2,1-4H3. The molecule has 14 heteroatoms. The Kier molecular flexibility index (Phi) is 6.27. The van der Waals surface area contributed by atoms with Crippen LogP contribution in [0.15, 0.2) is 23.1 Å². The van der Waals surface area contributed by atoms with E-state index in [0.29, 0.717) is 24.7 Å². The van der Waals surface area contributed by atoms with Crippen LogP contribution in [0.1, 0.15) is 11.4 Å². The summed E-state index contributed by atoms with van der Waals surface area (Å²) in [4.78, 5) is 33.0. The summed E-state index contributed by atoms with van der Waals surface area (Å²) >= 11 is 0. The van der Waals surface area contributed by atoms with Gasteiger partial charge in [0.1, 0.15) is 23.0 Å². The van der Waals surface area contributed by atoms with E-state index < -0.39 is 36.1 Å². The smallest absolute Gasteiger partial charge is 0.280 e. The first-order valence-corrected chi connectivity index (χ1v) is 11.1. The molecule has 2 aromatic rings. The maximum absolute atomic E-state index is 13.1. The number of nitro groups is 2. The number of nitro benzene ring substituents is 2. The molecule has 2 heterocycles. The monoisotopic (exact) mass is 465 g/mol. The Bertz CT molecular complexity index is 1140. The van der Waals surface area contributed by atoms with Gasteiger partial charge in [0.05, 0.1) is 14.7 Å². The van der Waals surface area contributed by atoms with Crippen molar-refractivity contribution in [1.29, 1.82) is 0 Å². The number of anilines is 2. The maximum atomic E-state index is 13.1. The lowest BCUT2D eigenvalue weighted by Crippen LogP contribution is -2.49. The molecule has 1 aromatic heterocycles. The average Bonchev–Trinajstić information content (AvgIpc) is 2.72. The number of aryl methyl sites for hydroxylation is 1. The van der Waals surface area contributed by atoms with Gasteiger partial charge in [-0.05, 0) is 13.8 Å². The van der Waals surface area contributed by atoms with Crippen LogP contribution in [0.4, 0.5) is 23.0 Å². The molecule has 0 atom stereocenters. The Labute approximate surface area is 184 Å². The number of hydrogen-bond donors (Lipinski definition) is 0. The minimum absolute atomic E-state index is 0.0954. The number of aromatic nitrogens is 2. The molecule has 172 valence electrons. The third kappa shape index (κ3) is 4.45. The quantitative estimate of drug-likeness (QED) is 0.452. The van der Waals surface area contributed by atoms with Gasteiger partial charge in [-0.1, -0.05) is 0 Å². The normalized spacial score (nSPS) is 14.9. The molecule has 1 aliphatic heterocycles. The van der Waals surface area contributed by atoms with E-state index >= 15 is 0 Å². The van der Waals surface area contributed by atoms with Crippen LogP contribution in [0, 0.1) is 34.1 Å². The predicted molar refractivity (Wildman–Crippen MR) is 117 cm³/mol. The molecular formula is C18H23N7O6S. The molecule has 0 spiro atoms. The molecule has 1 fully saturated rings. The van der Waals surface area contributed by atoms with E-state index in [4.69, 9.17) is 0 Å². The maximum Gasteiger partial charge on any atom is 0.280 e. The molecule has 0 aliphatic carbocycles. The van der Waals surface area contributed by atoms with Crippen molar-refractivity contribution >= 4 is 33.0 Å². The van der Waals surface area contributed by atoms with Crippen LogP contribution in [0.5, 0.6) is 0 Å². The third-order valence-corrected chi connectivity index (χ3v) is 7.07. The van der Waals surface area contributed by atoms with Crippen LogP contribution in [-0.2, 0) is 10.0 Å². The van der Waals surface area contributed by atoms with Gasteiger partial charge in [0, 0.05) is 58.5 Å². The molecule has 1 saturated heterocycles. The first-order chi connectivity index (χ1) is 14.9. The average molecular weight is 465 g/mol. The van der Waals surface area contributed by atoms with Crippen molar-refractivity contribution in [2.45, 2.75) is 18.7 Å². The summed E-state index contributed by atoms with van der Waals surface area (Å²) in [5.41, 5.74) is -1.41. The lowest BCUT2D eigenvalue weighted by Gasteiger charge is -2.35. The van der Waals surface area contributed by atoms with Crippen LogP contribution in [0.3, 0.4) is 0 Å². The highest BCUT2D eigenvalue weighted by molar-refractivity contribution is 7.89. The molecule has 13 nitrogen and oxygen atoms in total. The van der Waals surface area contributed by atoms with Crippen molar-refractivity contribution in [3.8, 4) is 0 Å². The second-order valence-corrected chi connectivity index (χ2v) is 9.46. The van der Waals surface area contributed by atoms with Crippen molar-refractivity contribution in [2.75, 3.05) is 50.1 Å². The summed E-state index contributed by atoms with van der Waals surface area (Å²) in [6, 6.07) is 3.56. The molecule has 0 radical (unpaired) electrons. The van der Waals surface area contributed by atoms with E-state index in [9.17, 15) is 28.6 Å². The second-order valence-electron chi connectivity index (χ2n) is 7.52. The summed E-state index contributed by atoms with van der Waals surface area (Å²) in [6.45, 7) is 3.85. The van der Waals surface area contributed by atoms with Crippen LogP contribution in [0.2, 0.25) is 0 Å². The lowest BCUT2D eigenvalue weighted by molar-refractivity contribution is -0.395. The molecule has 3 rings (SSSR count). The van der Waals surface area contributed by atoms with Gasteiger partial charge in [0.2, 0.25) is 10.0 Å². The first kappa shape index (κ1) is 23.3. The van der Waals surface area contributed by atoms with Gasteiger partial charge < -0.3 is 9.80 Å². The number of hydrogen-bond acceptors (Lipinski definition) is 10. The number of nitrogens with zero attached hydrogens (tertiary/aromatic N) is 7. The zero-order valence-corrected chi connectivity index (χ0v) is 18.9. The Morgan fingerprint density at radius 3 is 1.94 bits per heavy atom. The topological polar surface area (TPSA) is 156 Å². The van der Waals surface area contributed by atoms with Crippen molar-refractivity contribution < 1.29 is 18.3 Å². The Morgan fingerprint density at radius 1 is 0.938 bits per heavy atom. The molecule has 1 aliphatic rings. The van der Waals surface area contributed by atoms with Gasteiger partial charge >= 0.3 is 0 Å². The summed E-state index contributed by atoms with van der Waals surface area (Å²) < 4.78 is 27.4. The molecule has 0 N–H and O–H groups in total. The van der Waals surface area contributed by atoms with Crippen LogP contribution < -0.4 is 9.80 Å². The van der Waals surface area contributed by atoms with E-state index in [0.717, 1.165) is 18.0 Å². The van der Waals surface area contributed by atoms with E-state index in [1.54, 1.807) is 6.92 Å². The first-order valence-electron chi connectivity index (χ1n) is 9.63. The number of benzene rings is 1. The zero-order valence-electron chi connectivity index (χ0n) is 18.0. The largest absolute Gasteiger partial charge is 0.363 e. The molecule has 0 saturated carbocycles. The van der Waals surface area contributed by atoms with Gasteiger partial charge in [-0.15, -0.1) is 0 Å². The van der Waals surface area contributed by atoms with Gasteiger partial charge in [0.15, 0.2) is 0 Å². The van der Waals surface area contributed by atoms with Crippen molar-refractivity contribution in [1.82, 2.24) is 14.3 Å². The fourth-order valence-corrected chi connectivity index (χ4v) is 4.88. The number of piperazine rings is 1. The zero-order chi connectivity index (χ0) is 23.8. The van der Waals surface area contributed by atoms with Crippen molar-refractivity contribution in [3.63, 3.8) is 0 Å². The predicted octanol–water partition coefficient (Wildman–Crippen LogP) is 1.49. The fraction of sp³-hybridized carbons (Fsp3) is 0.444. The van der Waals surface area contributed by atoms with Crippen LogP contribution in [0.25, 0.3) is 0 Å². The Morgan fingerprint density at radius 2 is 1.47 bits per heavy atom. The van der Waals surface area contributed by atoms with E-state index in [2.05, 4.69) is 9.97 Å². The van der Waals surface area contributed by atoms with Crippen molar-refractivity contribution in [2.24, 2.45) is 0 Å². The third-order valence-electron chi connectivity index (χ3n) is 5.19. The molecule has 1 aromatic carbocycles. The summed E-state index contributed by atoms with van der Waals surface area (Å²) in [6.07, 6.45) is 0. The minimum Gasteiger partial charge on any atom is -0.363 e. The van der Waals surface area contributed by atoms with Crippen LogP contribution in [-0.4, -0.2) is 72.8 Å². The number of rotatable bonds is 6. The molecule has 0 unspecified atom stereocenters. The molecular weight excluding hydrogens is 442 g/mol. The SMILES string of the molecule is Cc1nc(N(C)C)cc(N2CCN(S(=O)(=O)c3cc([N+](=O)[O-])c(C)c([N+](=O)[O-])c3)CC2)n1. The minimum atomic E-state index is -4.17. The molecule has 0 bridgehead atoms. The van der Waals surface area contributed by atoms with E-state index in [1.807, 2.05) is 30.0 Å². The summed E-state index contributed by atoms with van der Waals surface area (Å²) in [5, 5.41) is 22.6. The highest BCUT2D eigenvalue weighted by Gasteiger charge is 2.33. The molecule has 0 amide bonds. The van der Waals surface area contributed by atoms with Gasteiger partial charge in [-0.2, -0.15) is 4.31 Å². The van der Waals surface area contributed by atoms with Gasteiger partial charge in [0.25, 0.3) is 11.4 Å². The highest BCUT2D eigenvalue weighted by atomic mass is 32.2. The second kappa shape index (κ2) is 8.63. The van der Waals surface area contributed by atoms with E-state index in [-0.39, 0.29) is 18.7 Å². The fourth-order valence-electron chi connectivity index (χ4n) is 3.42. The van der Waals surface area contributed by atoms with Crippen molar-refractivity contribution in [3.05, 3.63) is 49.8 Å². The van der Waals surface area contributed by atoms with Crippen LogP contribution >= 0.6 is 0 Å². The van der Waals surface area contributed by atoms with E-state index in [1.165, 1.54) is 11.2 Å².